The van der Waals surface area contributed by atoms with Crippen LogP contribution < -0.4 is 11.5 Å². The van der Waals surface area contributed by atoms with E-state index in [0.717, 1.165) is 5.92 Å². The Bertz CT molecular complexity index is 187. The number of anilines is 1. The number of hydrogen-bond donors (Lipinski definition) is 2. The zero-order valence-electron chi connectivity index (χ0n) is 9.57. The van der Waals surface area contributed by atoms with Crippen molar-refractivity contribution >= 4 is 5.82 Å². The van der Waals surface area contributed by atoms with Gasteiger partial charge in [0.25, 0.3) is 0 Å². The zero-order valence-corrected chi connectivity index (χ0v) is 9.57. The maximum absolute atomic E-state index is 5.21. The van der Waals surface area contributed by atoms with Crippen LogP contribution >= 0.6 is 0 Å². The topological polar surface area (TPSA) is 77.8 Å². The molecule has 0 atom stereocenters. The number of nitrogen functional groups attached to an aromatic ring is 1. The fraction of sp³-hybridized carbons (Fsp3) is 0.600. The smallest absolute Gasteiger partial charge is 0.126 e. The molecule has 0 aliphatic carbocycles. The molecule has 0 saturated heterocycles. The molecule has 0 fully saturated rings. The second-order valence-corrected chi connectivity index (χ2v) is 2.94. The number of aromatic nitrogens is 2. The Kier molecular flexibility index (Phi) is 13.0. The summed E-state index contributed by atoms with van der Waals surface area (Å²) in [6.45, 7) is 6.64. The Morgan fingerprint density at radius 3 is 2.00 bits per heavy atom. The van der Waals surface area contributed by atoms with E-state index in [1.165, 1.54) is 19.8 Å². The molecule has 0 amide bonds. The highest BCUT2D eigenvalue weighted by atomic mass is 14.9. The maximum Gasteiger partial charge on any atom is 0.126 e. The van der Waals surface area contributed by atoms with Crippen molar-refractivity contribution in [2.24, 2.45) is 11.7 Å². The first kappa shape index (κ1) is 15.3. The van der Waals surface area contributed by atoms with Crippen LogP contribution in [0.15, 0.2) is 18.6 Å². The first-order valence-electron chi connectivity index (χ1n) is 4.76. The predicted octanol–water partition coefficient (Wildman–Crippen LogP) is 1.69. The highest BCUT2D eigenvalue weighted by Gasteiger charge is 1.80. The van der Waals surface area contributed by atoms with E-state index in [1.807, 2.05) is 0 Å². The van der Waals surface area contributed by atoms with E-state index in [2.05, 4.69) is 36.5 Å². The Morgan fingerprint density at radius 1 is 1.36 bits per heavy atom. The van der Waals surface area contributed by atoms with E-state index in [0.29, 0.717) is 5.82 Å². The molecule has 0 aliphatic rings. The van der Waals surface area contributed by atoms with Crippen LogP contribution in [0.5, 0.6) is 0 Å². The second kappa shape index (κ2) is 11.8. The summed E-state index contributed by atoms with van der Waals surface area (Å²) in [6.07, 6.45) is 4.32. The summed E-state index contributed by atoms with van der Waals surface area (Å²) in [6, 6.07) is 1.64. The van der Waals surface area contributed by atoms with Crippen molar-refractivity contribution < 1.29 is 0 Å². The number of nitrogens with zero attached hydrogens (tertiary/aromatic N) is 2. The highest BCUT2D eigenvalue weighted by molar-refractivity contribution is 5.22. The molecule has 4 heteroatoms. The molecule has 0 unspecified atom stereocenters. The standard InChI is InChI=1S/C5H12.C4H5N3.CH5N/c1-4-5(2)3;5-4-1-2-6-3-7-4;1-2/h5H,4H2,1-3H3;1-3H,(H2,5,6,7);2H2,1H3. The molecule has 0 radical (unpaired) electrons. The number of hydrogen-bond acceptors (Lipinski definition) is 4. The van der Waals surface area contributed by atoms with Gasteiger partial charge in [-0.2, -0.15) is 0 Å². The summed E-state index contributed by atoms with van der Waals surface area (Å²) in [4.78, 5) is 7.30. The molecule has 4 N–H and O–H groups in total. The minimum Gasteiger partial charge on any atom is -0.384 e. The van der Waals surface area contributed by atoms with Gasteiger partial charge < -0.3 is 11.5 Å². The largest absolute Gasteiger partial charge is 0.384 e. The average molecular weight is 198 g/mol. The Morgan fingerprint density at radius 2 is 1.86 bits per heavy atom. The summed E-state index contributed by atoms with van der Waals surface area (Å²) >= 11 is 0. The highest BCUT2D eigenvalue weighted by Crippen LogP contribution is 1.93. The van der Waals surface area contributed by atoms with Crippen molar-refractivity contribution in [3.63, 3.8) is 0 Å². The van der Waals surface area contributed by atoms with E-state index in [4.69, 9.17) is 5.73 Å². The van der Waals surface area contributed by atoms with Crippen molar-refractivity contribution in [3.8, 4) is 0 Å². The quantitative estimate of drug-likeness (QED) is 0.719. The van der Waals surface area contributed by atoms with E-state index in [1.54, 1.807) is 12.3 Å². The Labute approximate surface area is 86.8 Å². The van der Waals surface area contributed by atoms with Crippen LogP contribution in [0, 0.1) is 5.92 Å². The van der Waals surface area contributed by atoms with Crippen LogP contribution in [-0.2, 0) is 0 Å². The van der Waals surface area contributed by atoms with Gasteiger partial charge in [0.15, 0.2) is 0 Å². The minimum absolute atomic E-state index is 0.509. The molecule has 4 nitrogen and oxygen atoms in total. The lowest BCUT2D eigenvalue weighted by Gasteiger charge is -1.90. The summed E-state index contributed by atoms with van der Waals surface area (Å²) in [5, 5.41) is 0. The van der Waals surface area contributed by atoms with E-state index < -0.39 is 0 Å². The molecule has 14 heavy (non-hydrogen) atoms. The van der Waals surface area contributed by atoms with Gasteiger partial charge in [0, 0.05) is 6.20 Å². The van der Waals surface area contributed by atoms with Gasteiger partial charge in [-0.05, 0) is 19.0 Å². The number of rotatable bonds is 1. The summed E-state index contributed by atoms with van der Waals surface area (Å²) in [5.74, 6) is 1.39. The van der Waals surface area contributed by atoms with Crippen molar-refractivity contribution in [2.75, 3.05) is 12.8 Å². The Hall–Kier alpha value is -1.16. The Balaban J connectivity index is 0. The van der Waals surface area contributed by atoms with Crippen molar-refractivity contribution in [1.82, 2.24) is 9.97 Å². The lowest BCUT2D eigenvalue weighted by Crippen LogP contribution is -1.87. The molecular formula is C10H22N4. The molecule has 0 spiro atoms. The fourth-order valence-corrected chi connectivity index (χ4v) is 0.301. The van der Waals surface area contributed by atoms with Crippen molar-refractivity contribution in [1.29, 1.82) is 0 Å². The van der Waals surface area contributed by atoms with Crippen molar-refractivity contribution in [2.45, 2.75) is 27.2 Å². The third-order valence-electron chi connectivity index (χ3n) is 1.42. The molecule has 1 aromatic heterocycles. The maximum atomic E-state index is 5.21. The van der Waals surface area contributed by atoms with Crippen LogP contribution in [-0.4, -0.2) is 17.0 Å². The molecule has 0 aliphatic heterocycles. The van der Waals surface area contributed by atoms with Gasteiger partial charge in [-0.25, -0.2) is 9.97 Å². The third kappa shape index (κ3) is 13.4. The molecule has 82 valence electrons. The molecule has 0 saturated carbocycles. The summed E-state index contributed by atoms with van der Waals surface area (Å²) in [7, 11) is 1.50. The number of nitrogens with two attached hydrogens (primary N) is 2. The van der Waals surface area contributed by atoms with Crippen LogP contribution in [0.1, 0.15) is 27.2 Å². The zero-order chi connectivity index (χ0) is 11.4. The minimum atomic E-state index is 0.509. The third-order valence-corrected chi connectivity index (χ3v) is 1.42. The fourth-order valence-electron chi connectivity index (χ4n) is 0.301. The predicted molar refractivity (Wildman–Crippen MR) is 61.7 cm³/mol. The van der Waals surface area contributed by atoms with Gasteiger partial charge >= 0.3 is 0 Å². The van der Waals surface area contributed by atoms with Crippen molar-refractivity contribution in [3.05, 3.63) is 18.6 Å². The van der Waals surface area contributed by atoms with Gasteiger partial charge in [0.05, 0.1) is 0 Å². The van der Waals surface area contributed by atoms with Crippen LogP contribution in [0.2, 0.25) is 0 Å². The van der Waals surface area contributed by atoms with Gasteiger partial charge in [0.2, 0.25) is 0 Å². The first-order chi connectivity index (χ1) is 6.66. The normalized spacial score (nSPS) is 8.14. The first-order valence-corrected chi connectivity index (χ1v) is 4.76. The monoisotopic (exact) mass is 198 g/mol. The van der Waals surface area contributed by atoms with Gasteiger partial charge in [-0.1, -0.05) is 27.2 Å². The molecule has 0 bridgehead atoms. The summed E-state index contributed by atoms with van der Waals surface area (Å²) < 4.78 is 0. The molecule has 1 rings (SSSR count). The molecule has 0 aromatic carbocycles. The van der Waals surface area contributed by atoms with Gasteiger partial charge in [0.1, 0.15) is 12.1 Å². The van der Waals surface area contributed by atoms with Gasteiger partial charge in [-0.3, -0.25) is 0 Å². The van der Waals surface area contributed by atoms with E-state index in [-0.39, 0.29) is 0 Å². The van der Waals surface area contributed by atoms with Crippen LogP contribution in [0.3, 0.4) is 0 Å². The molecular weight excluding hydrogens is 176 g/mol. The second-order valence-electron chi connectivity index (χ2n) is 2.94. The van der Waals surface area contributed by atoms with Crippen LogP contribution in [0.4, 0.5) is 5.82 Å². The molecule has 1 heterocycles. The van der Waals surface area contributed by atoms with E-state index >= 15 is 0 Å². The lowest BCUT2D eigenvalue weighted by atomic mass is 10.2. The average Bonchev–Trinajstić information content (AvgIpc) is 2.23. The lowest BCUT2D eigenvalue weighted by molar-refractivity contribution is 0.626. The SMILES string of the molecule is CCC(C)C.CN.Nc1ccncn1. The van der Waals surface area contributed by atoms with Crippen LogP contribution in [0.25, 0.3) is 0 Å². The van der Waals surface area contributed by atoms with Gasteiger partial charge in [-0.15, -0.1) is 0 Å². The summed E-state index contributed by atoms with van der Waals surface area (Å²) in [5.41, 5.74) is 9.71. The molecule has 1 aromatic rings. The van der Waals surface area contributed by atoms with E-state index in [9.17, 15) is 0 Å².